The van der Waals surface area contributed by atoms with Crippen LogP contribution < -0.4 is 10.1 Å². The number of nitrogens with one attached hydrogen (secondary N) is 1. The fourth-order valence-electron chi connectivity index (χ4n) is 2.81. The molecule has 6 heteroatoms. The molecular formula is C23H20N2O2S2. The summed E-state index contributed by atoms with van der Waals surface area (Å²) in [5.41, 5.74) is 0.908. The Morgan fingerprint density at radius 1 is 0.897 bits per heavy atom. The lowest BCUT2D eigenvalue weighted by Crippen LogP contribution is -2.33. The third kappa shape index (κ3) is 5.47. The van der Waals surface area contributed by atoms with Crippen LogP contribution in [0.5, 0.6) is 11.5 Å². The quantitative estimate of drug-likeness (QED) is 0.344. The Labute approximate surface area is 179 Å². The molecule has 29 heavy (non-hydrogen) atoms. The van der Waals surface area contributed by atoms with Gasteiger partial charge in [-0.1, -0.05) is 24.3 Å². The lowest BCUT2D eigenvalue weighted by Gasteiger charge is -2.24. The van der Waals surface area contributed by atoms with Crippen LogP contribution in [-0.2, 0) is 13.1 Å². The number of rotatable bonds is 7. The molecule has 0 fully saturated rings. The van der Waals surface area contributed by atoms with E-state index >= 15 is 0 Å². The van der Waals surface area contributed by atoms with Crippen molar-refractivity contribution in [3.63, 3.8) is 0 Å². The minimum Gasteiger partial charge on any atom is -0.467 e. The van der Waals surface area contributed by atoms with Crippen LogP contribution in [0.2, 0.25) is 0 Å². The fraction of sp³-hybridized carbons (Fsp3) is 0.0870. The zero-order valence-corrected chi connectivity index (χ0v) is 17.3. The molecule has 1 N–H and O–H groups in total. The molecule has 4 rings (SSSR count). The first kappa shape index (κ1) is 19.2. The third-order valence-electron chi connectivity index (χ3n) is 4.23. The molecule has 4 aromatic rings. The Morgan fingerprint density at radius 3 is 2.38 bits per heavy atom. The van der Waals surface area contributed by atoms with Crippen molar-refractivity contribution in [3.8, 4) is 11.5 Å². The van der Waals surface area contributed by atoms with Gasteiger partial charge in [0, 0.05) is 10.6 Å². The Morgan fingerprint density at radius 2 is 1.69 bits per heavy atom. The Hall–Kier alpha value is -3.09. The number of hydrogen-bond donors (Lipinski definition) is 1. The molecule has 0 unspecified atom stereocenters. The summed E-state index contributed by atoms with van der Waals surface area (Å²) in [4.78, 5) is 3.33. The van der Waals surface area contributed by atoms with Crippen molar-refractivity contribution in [1.82, 2.24) is 4.90 Å². The highest BCUT2D eigenvalue weighted by atomic mass is 32.1. The summed E-state index contributed by atoms with van der Waals surface area (Å²) in [6, 6.07) is 25.5. The minimum absolute atomic E-state index is 0.603. The zero-order valence-electron chi connectivity index (χ0n) is 15.7. The Bertz CT molecular complexity index is 978. The maximum atomic E-state index is 5.84. The van der Waals surface area contributed by atoms with Gasteiger partial charge in [0.1, 0.15) is 17.3 Å². The maximum Gasteiger partial charge on any atom is 0.174 e. The second-order valence-electron chi connectivity index (χ2n) is 6.38. The van der Waals surface area contributed by atoms with Crippen LogP contribution >= 0.6 is 23.6 Å². The van der Waals surface area contributed by atoms with E-state index in [1.807, 2.05) is 72.8 Å². The van der Waals surface area contributed by atoms with Crippen molar-refractivity contribution in [2.24, 2.45) is 0 Å². The van der Waals surface area contributed by atoms with Crippen molar-refractivity contribution < 1.29 is 9.15 Å². The van der Waals surface area contributed by atoms with E-state index in [2.05, 4.69) is 21.7 Å². The molecule has 0 bridgehead atoms. The van der Waals surface area contributed by atoms with Gasteiger partial charge in [-0.2, -0.15) is 0 Å². The van der Waals surface area contributed by atoms with E-state index in [0.29, 0.717) is 11.7 Å². The number of thiophene rings is 1. The zero-order chi connectivity index (χ0) is 19.9. The summed E-state index contributed by atoms with van der Waals surface area (Å²) in [6.07, 6.45) is 1.68. The molecule has 0 atom stereocenters. The lowest BCUT2D eigenvalue weighted by atomic mass is 10.3. The highest BCUT2D eigenvalue weighted by molar-refractivity contribution is 7.80. The van der Waals surface area contributed by atoms with Gasteiger partial charge in [-0.25, -0.2) is 0 Å². The van der Waals surface area contributed by atoms with Crippen molar-refractivity contribution in [3.05, 3.63) is 101 Å². The Kier molecular flexibility index (Phi) is 6.24. The summed E-state index contributed by atoms with van der Waals surface area (Å²) < 4.78 is 11.4. The summed E-state index contributed by atoms with van der Waals surface area (Å²) in [6.45, 7) is 1.32. The molecule has 4 nitrogen and oxygen atoms in total. The van der Waals surface area contributed by atoms with Gasteiger partial charge in [0.15, 0.2) is 5.11 Å². The van der Waals surface area contributed by atoms with Gasteiger partial charge < -0.3 is 19.4 Å². The van der Waals surface area contributed by atoms with Crippen LogP contribution in [0.1, 0.15) is 10.6 Å². The molecule has 0 spiro atoms. The van der Waals surface area contributed by atoms with Crippen molar-refractivity contribution in [1.29, 1.82) is 0 Å². The number of thiocarbonyl (C=S) groups is 1. The van der Waals surface area contributed by atoms with Gasteiger partial charge >= 0.3 is 0 Å². The van der Waals surface area contributed by atoms with E-state index in [9.17, 15) is 0 Å². The first-order chi connectivity index (χ1) is 14.3. The molecule has 0 radical (unpaired) electrons. The van der Waals surface area contributed by atoms with Gasteiger partial charge in [0.25, 0.3) is 0 Å². The van der Waals surface area contributed by atoms with Gasteiger partial charge in [-0.3, -0.25) is 0 Å². The van der Waals surface area contributed by atoms with Crippen LogP contribution in [0.25, 0.3) is 0 Å². The van der Waals surface area contributed by atoms with Crippen LogP contribution in [0, 0.1) is 0 Å². The number of nitrogens with zero attached hydrogens (tertiary/aromatic N) is 1. The van der Waals surface area contributed by atoms with E-state index in [1.54, 1.807) is 17.6 Å². The Balaban J connectivity index is 1.42. The molecule has 0 saturated carbocycles. The maximum absolute atomic E-state index is 5.84. The molecule has 146 valence electrons. The van der Waals surface area contributed by atoms with Crippen LogP contribution in [0.15, 0.2) is 94.9 Å². The van der Waals surface area contributed by atoms with Crippen LogP contribution in [0.3, 0.4) is 0 Å². The number of ether oxygens (including phenoxy) is 1. The molecule has 2 heterocycles. The van der Waals surface area contributed by atoms with Gasteiger partial charge in [-0.05, 0) is 72.2 Å². The standard InChI is InChI=1S/C23H20N2O2S2/c28-23(25(16-21-8-4-14-26-21)17-22-9-5-15-29-22)24-18-10-12-20(13-11-18)27-19-6-2-1-3-7-19/h1-15H,16-17H2,(H,24,28). The van der Waals surface area contributed by atoms with E-state index in [0.717, 1.165) is 29.5 Å². The first-order valence-corrected chi connectivity index (χ1v) is 10.5. The van der Waals surface area contributed by atoms with Crippen LogP contribution in [0.4, 0.5) is 5.69 Å². The topological polar surface area (TPSA) is 37.6 Å². The van der Waals surface area contributed by atoms with E-state index in [4.69, 9.17) is 21.4 Å². The number of para-hydroxylation sites is 1. The van der Waals surface area contributed by atoms with E-state index < -0.39 is 0 Å². The lowest BCUT2D eigenvalue weighted by molar-refractivity contribution is 0.362. The molecule has 0 aliphatic rings. The van der Waals surface area contributed by atoms with Gasteiger partial charge in [-0.15, -0.1) is 11.3 Å². The summed E-state index contributed by atoms with van der Waals surface area (Å²) >= 11 is 7.40. The predicted molar refractivity (Wildman–Crippen MR) is 121 cm³/mol. The average molecular weight is 421 g/mol. The van der Waals surface area contributed by atoms with E-state index in [1.165, 1.54) is 4.88 Å². The van der Waals surface area contributed by atoms with Crippen molar-refractivity contribution >= 4 is 34.4 Å². The number of anilines is 1. The highest BCUT2D eigenvalue weighted by Gasteiger charge is 2.14. The molecule has 0 amide bonds. The number of hydrogen-bond acceptors (Lipinski definition) is 4. The van der Waals surface area contributed by atoms with Crippen molar-refractivity contribution in [2.75, 3.05) is 5.32 Å². The van der Waals surface area contributed by atoms with Crippen molar-refractivity contribution in [2.45, 2.75) is 13.1 Å². The number of benzene rings is 2. The third-order valence-corrected chi connectivity index (χ3v) is 5.45. The predicted octanol–water partition coefficient (Wildman–Crippen LogP) is 6.53. The summed E-state index contributed by atoms with van der Waals surface area (Å²) in [7, 11) is 0. The number of furan rings is 1. The molecule has 2 aromatic carbocycles. The average Bonchev–Trinajstić information content (AvgIpc) is 3.44. The smallest absolute Gasteiger partial charge is 0.174 e. The SMILES string of the molecule is S=C(Nc1ccc(Oc2ccccc2)cc1)N(Cc1ccco1)Cc1cccs1. The molecule has 0 aliphatic carbocycles. The van der Waals surface area contributed by atoms with Gasteiger partial charge in [0.2, 0.25) is 0 Å². The minimum atomic E-state index is 0.603. The second-order valence-corrected chi connectivity index (χ2v) is 7.80. The highest BCUT2D eigenvalue weighted by Crippen LogP contribution is 2.23. The van der Waals surface area contributed by atoms with Gasteiger partial charge in [0.05, 0.1) is 19.4 Å². The monoisotopic (exact) mass is 420 g/mol. The summed E-state index contributed by atoms with van der Waals surface area (Å²) in [5, 5.41) is 6.04. The molecule has 2 aromatic heterocycles. The normalized spacial score (nSPS) is 10.5. The molecular weight excluding hydrogens is 400 g/mol. The molecule has 0 saturated heterocycles. The first-order valence-electron chi connectivity index (χ1n) is 9.20. The van der Waals surface area contributed by atoms with Crippen LogP contribution in [-0.4, -0.2) is 10.0 Å². The van der Waals surface area contributed by atoms with E-state index in [-0.39, 0.29) is 0 Å². The largest absolute Gasteiger partial charge is 0.467 e. The molecule has 0 aliphatic heterocycles. The fourth-order valence-corrected chi connectivity index (χ4v) is 3.78. The second kappa shape index (κ2) is 9.41. The summed E-state index contributed by atoms with van der Waals surface area (Å²) in [5.74, 6) is 2.46.